The van der Waals surface area contributed by atoms with E-state index in [0.717, 1.165) is 11.7 Å². The van der Waals surface area contributed by atoms with E-state index in [1.165, 1.54) is 31.5 Å². The zero-order valence-corrected chi connectivity index (χ0v) is 23.6. The SMILES string of the molecule is CC(C)C(C)(C)C(C)(C)Oc1ccc(C(C)(C)C(C)(C)N2CCC(C(C)(C)C)CC2)cc1. The van der Waals surface area contributed by atoms with Crippen LogP contribution >= 0.6 is 0 Å². The van der Waals surface area contributed by atoms with Crippen molar-refractivity contribution in [2.45, 2.75) is 119 Å². The summed E-state index contributed by atoms with van der Waals surface area (Å²) in [4.78, 5) is 2.73. The van der Waals surface area contributed by atoms with E-state index in [4.69, 9.17) is 4.74 Å². The molecule has 1 saturated heterocycles. The zero-order valence-electron chi connectivity index (χ0n) is 23.6. The fourth-order valence-corrected chi connectivity index (χ4v) is 5.11. The molecule has 0 aliphatic carbocycles. The van der Waals surface area contributed by atoms with Crippen LogP contribution in [0.5, 0.6) is 5.75 Å². The van der Waals surface area contributed by atoms with Gasteiger partial charge in [0.05, 0.1) is 0 Å². The van der Waals surface area contributed by atoms with E-state index < -0.39 is 0 Å². The van der Waals surface area contributed by atoms with E-state index in [9.17, 15) is 0 Å². The van der Waals surface area contributed by atoms with Gasteiger partial charge in [0.1, 0.15) is 11.4 Å². The maximum absolute atomic E-state index is 6.53. The third-order valence-corrected chi connectivity index (χ3v) is 9.98. The molecule has 184 valence electrons. The van der Waals surface area contributed by atoms with Crippen molar-refractivity contribution in [2.75, 3.05) is 13.1 Å². The summed E-state index contributed by atoms with van der Waals surface area (Å²) in [7, 11) is 0. The smallest absolute Gasteiger partial charge is 0.120 e. The van der Waals surface area contributed by atoms with Crippen LogP contribution in [0.25, 0.3) is 0 Å². The molecule has 0 atom stereocenters. The van der Waals surface area contributed by atoms with Gasteiger partial charge in [-0.05, 0) is 88.6 Å². The Bertz CT molecular complexity index is 738. The first-order valence-electron chi connectivity index (χ1n) is 12.9. The summed E-state index contributed by atoms with van der Waals surface area (Å²) in [6, 6.07) is 8.93. The van der Waals surface area contributed by atoms with Gasteiger partial charge in [-0.2, -0.15) is 0 Å². The third kappa shape index (κ3) is 5.21. The molecule has 0 radical (unpaired) electrons. The number of nitrogens with zero attached hydrogens (tertiary/aromatic N) is 1. The van der Waals surface area contributed by atoms with Gasteiger partial charge >= 0.3 is 0 Å². The molecule has 1 fully saturated rings. The standard InChI is InChI=1S/C30H53NO/c1-22(2)27(6,7)30(12,13)32-25-16-14-24(15-17-25)28(8,9)29(10,11)31-20-18-23(19-21-31)26(3,4)5/h14-17,22-23H,18-21H2,1-13H3. The van der Waals surface area contributed by atoms with Crippen molar-refractivity contribution in [3.05, 3.63) is 29.8 Å². The maximum atomic E-state index is 6.53. The second-order valence-corrected chi connectivity index (χ2v) is 13.8. The van der Waals surface area contributed by atoms with Gasteiger partial charge in [0.15, 0.2) is 0 Å². The van der Waals surface area contributed by atoms with Crippen LogP contribution in [0.2, 0.25) is 0 Å². The Labute approximate surface area is 200 Å². The lowest BCUT2D eigenvalue weighted by Gasteiger charge is -2.53. The van der Waals surface area contributed by atoms with Crippen molar-refractivity contribution >= 4 is 0 Å². The minimum Gasteiger partial charge on any atom is -0.487 e. The molecular formula is C30H53NO. The minimum absolute atomic E-state index is 0.0345. The normalized spacial score (nSPS) is 18.3. The Kier molecular flexibility index (Phi) is 7.63. The van der Waals surface area contributed by atoms with Gasteiger partial charge in [0.2, 0.25) is 0 Å². The highest BCUT2D eigenvalue weighted by atomic mass is 16.5. The number of hydrogen-bond donors (Lipinski definition) is 0. The van der Waals surface area contributed by atoms with Gasteiger partial charge in [-0.3, -0.25) is 4.90 Å². The molecule has 2 heteroatoms. The van der Waals surface area contributed by atoms with Crippen LogP contribution in [0.4, 0.5) is 0 Å². The molecule has 2 rings (SSSR count). The third-order valence-electron chi connectivity index (χ3n) is 9.98. The molecular weight excluding hydrogens is 390 g/mol. The molecule has 0 unspecified atom stereocenters. The fraction of sp³-hybridized carbons (Fsp3) is 0.800. The lowest BCUT2D eigenvalue weighted by atomic mass is 9.67. The van der Waals surface area contributed by atoms with Crippen molar-refractivity contribution < 1.29 is 4.74 Å². The molecule has 1 aromatic rings. The molecule has 0 spiro atoms. The number of benzene rings is 1. The summed E-state index contributed by atoms with van der Waals surface area (Å²) in [5.41, 5.74) is 1.75. The first-order valence-corrected chi connectivity index (χ1v) is 12.9. The molecule has 32 heavy (non-hydrogen) atoms. The molecule has 0 bridgehead atoms. The molecule has 2 nitrogen and oxygen atoms in total. The van der Waals surface area contributed by atoms with E-state index >= 15 is 0 Å². The van der Waals surface area contributed by atoms with Gasteiger partial charge in [-0.25, -0.2) is 0 Å². The van der Waals surface area contributed by atoms with Crippen LogP contribution in [-0.2, 0) is 5.41 Å². The van der Waals surface area contributed by atoms with E-state index in [0.29, 0.717) is 11.3 Å². The van der Waals surface area contributed by atoms with Gasteiger partial charge in [-0.15, -0.1) is 0 Å². The summed E-state index contributed by atoms with van der Waals surface area (Å²) >= 11 is 0. The highest BCUT2D eigenvalue weighted by Crippen LogP contribution is 2.44. The monoisotopic (exact) mass is 443 g/mol. The Morgan fingerprint density at radius 2 is 1.25 bits per heavy atom. The second-order valence-electron chi connectivity index (χ2n) is 13.8. The highest BCUT2D eigenvalue weighted by Gasteiger charge is 2.45. The Hall–Kier alpha value is -1.02. The Morgan fingerprint density at radius 1 is 0.781 bits per heavy atom. The second kappa shape index (κ2) is 8.97. The topological polar surface area (TPSA) is 12.5 Å². The predicted octanol–water partition coefficient (Wildman–Crippen LogP) is 8.34. The summed E-state index contributed by atoms with van der Waals surface area (Å²) < 4.78 is 6.53. The zero-order chi connectivity index (χ0) is 24.8. The van der Waals surface area contributed by atoms with Crippen LogP contribution in [-0.4, -0.2) is 29.1 Å². The molecule has 0 N–H and O–H groups in total. The lowest BCUT2D eigenvalue weighted by Crippen LogP contribution is -2.58. The molecule has 0 amide bonds. The van der Waals surface area contributed by atoms with Gasteiger partial charge < -0.3 is 4.74 Å². The van der Waals surface area contributed by atoms with Gasteiger partial charge in [0, 0.05) is 16.4 Å². The van der Waals surface area contributed by atoms with Crippen LogP contribution in [0.15, 0.2) is 24.3 Å². The van der Waals surface area contributed by atoms with Crippen LogP contribution in [0, 0.1) is 22.7 Å². The molecule has 1 aliphatic rings. The highest BCUT2D eigenvalue weighted by molar-refractivity contribution is 5.34. The molecule has 0 aromatic heterocycles. The maximum Gasteiger partial charge on any atom is 0.120 e. The summed E-state index contributed by atoms with van der Waals surface area (Å²) in [6.07, 6.45) is 2.60. The van der Waals surface area contributed by atoms with Crippen molar-refractivity contribution in [3.8, 4) is 5.75 Å². The quantitative estimate of drug-likeness (QED) is 0.420. The van der Waals surface area contributed by atoms with Gasteiger partial charge in [-0.1, -0.05) is 74.4 Å². The number of likely N-dealkylation sites (tertiary alicyclic amines) is 1. The van der Waals surface area contributed by atoms with Gasteiger partial charge in [0.25, 0.3) is 0 Å². The first kappa shape index (κ1) is 27.2. The van der Waals surface area contributed by atoms with E-state index in [-0.39, 0.29) is 22.0 Å². The van der Waals surface area contributed by atoms with E-state index in [1.807, 2.05) is 0 Å². The molecule has 1 aromatic carbocycles. The summed E-state index contributed by atoms with van der Waals surface area (Å²) in [6.45, 7) is 32.9. The molecule has 1 heterocycles. The Balaban J connectivity index is 2.17. The van der Waals surface area contributed by atoms with Crippen LogP contribution < -0.4 is 4.74 Å². The number of ether oxygens (including phenoxy) is 1. The molecule has 1 aliphatic heterocycles. The average Bonchev–Trinajstić information content (AvgIpc) is 2.67. The van der Waals surface area contributed by atoms with E-state index in [2.05, 4.69) is 119 Å². The largest absolute Gasteiger partial charge is 0.487 e. The van der Waals surface area contributed by atoms with Crippen molar-refractivity contribution in [1.82, 2.24) is 4.90 Å². The fourth-order valence-electron chi connectivity index (χ4n) is 5.11. The Morgan fingerprint density at radius 3 is 1.66 bits per heavy atom. The van der Waals surface area contributed by atoms with Crippen molar-refractivity contribution in [1.29, 1.82) is 0 Å². The lowest BCUT2D eigenvalue weighted by molar-refractivity contribution is -0.0388. The van der Waals surface area contributed by atoms with Crippen LogP contribution in [0.1, 0.15) is 108 Å². The molecule has 0 saturated carbocycles. The van der Waals surface area contributed by atoms with Crippen LogP contribution in [0.3, 0.4) is 0 Å². The predicted molar refractivity (Wildman–Crippen MR) is 141 cm³/mol. The number of rotatable bonds is 7. The van der Waals surface area contributed by atoms with Crippen molar-refractivity contribution in [2.24, 2.45) is 22.7 Å². The first-order chi connectivity index (χ1) is 14.3. The summed E-state index contributed by atoms with van der Waals surface area (Å²) in [5, 5.41) is 0. The minimum atomic E-state index is -0.241. The number of hydrogen-bond acceptors (Lipinski definition) is 2. The average molecular weight is 444 g/mol. The van der Waals surface area contributed by atoms with E-state index in [1.54, 1.807) is 0 Å². The van der Waals surface area contributed by atoms with Crippen molar-refractivity contribution in [3.63, 3.8) is 0 Å². The number of piperidine rings is 1. The summed E-state index contributed by atoms with van der Waals surface area (Å²) in [5.74, 6) is 2.33.